The SMILES string of the molecule is CC1(C)c2nc(-c3ccccc3)nc(-c3ccc(-c4ccccc4)cc3)c2-c2c1c1ccccc1c1ccccc21. The molecule has 1 aliphatic carbocycles. The molecule has 0 spiro atoms. The van der Waals surface area contributed by atoms with Crippen molar-refractivity contribution in [3.8, 4) is 44.9 Å². The van der Waals surface area contributed by atoms with Gasteiger partial charge in [0.1, 0.15) is 0 Å². The quantitative estimate of drug-likeness (QED) is 0.215. The molecular weight excluding hydrogens is 496 g/mol. The number of benzene rings is 6. The van der Waals surface area contributed by atoms with Crippen molar-refractivity contribution in [1.29, 1.82) is 0 Å². The highest BCUT2D eigenvalue weighted by Gasteiger charge is 2.42. The molecule has 0 unspecified atom stereocenters. The molecule has 0 saturated heterocycles. The molecule has 0 N–H and O–H groups in total. The summed E-state index contributed by atoms with van der Waals surface area (Å²) < 4.78 is 0. The van der Waals surface area contributed by atoms with Crippen LogP contribution in [0.5, 0.6) is 0 Å². The zero-order valence-corrected chi connectivity index (χ0v) is 23.1. The monoisotopic (exact) mass is 524 g/mol. The van der Waals surface area contributed by atoms with Gasteiger partial charge in [0, 0.05) is 22.1 Å². The Labute approximate surface area is 240 Å². The third kappa shape index (κ3) is 3.57. The second kappa shape index (κ2) is 8.97. The fourth-order valence-electron chi connectivity index (χ4n) is 6.69. The maximum absolute atomic E-state index is 5.34. The van der Waals surface area contributed by atoms with Gasteiger partial charge in [0.25, 0.3) is 0 Å². The first-order chi connectivity index (χ1) is 20.1. The van der Waals surface area contributed by atoms with Crippen LogP contribution in [0.4, 0.5) is 0 Å². The van der Waals surface area contributed by atoms with Crippen LogP contribution in [0, 0.1) is 0 Å². The van der Waals surface area contributed by atoms with Crippen molar-refractivity contribution in [2.24, 2.45) is 0 Å². The van der Waals surface area contributed by atoms with E-state index in [9.17, 15) is 0 Å². The lowest BCUT2D eigenvalue weighted by atomic mass is 9.81. The van der Waals surface area contributed by atoms with Gasteiger partial charge in [-0.1, -0.05) is 147 Å². The smallest absolute Gasteiger partial charge is 0.160 e. The Morgan fingerprint density at radius 1 is 0.415 bits per heavy atom. The van der Waals surface area contributed by atoms with Gasteiger partial charge in [-0.2, -0.15) is 0 Å². The number of fused-ring (bicyclic) bond motifs is 8. The van der Waals surface area contributed by atoms with E-state index in [4.69, 9.17) is 9.97 Å². The average molecular weight is 525 g/mol. The van der Waals surface area contributed by atoms with E-state index >= 15 is 0 Å². The Hall–Kier alpha value is -5.08. The molecule has 6 aromatic carbocycles. The van der Waals surface area contributed by atoms with Crippen molar-refractivity contribution in [3.63, 3.8) is 0 Å². The van der Waals surface area contributed by atoms with Gasteiger partial charge in [0.2, 0.25) is 0 Å². The summed E-state index contributed by atoms with van der Waals surface area (Å²) in [6.45, 7) is 4.64. The Morgan fingerprint density at radius 2 is 0.902 bits per heavy atom. The van der Waals surface area contributed by atoms with Gasteiger partial charge in [-0.15, -0.1) is 0 Å². The van der Waals surface area contributed by atoms with Crippen molar-refractivity contribution in [2.45, 2.75) is 19.3 Å². The lowest BCUT2D eigenvalue weighted by molar-refractivity contribution is 0.641. The molecule has 7 aromatic rings. The van der Waals surface area contributed by atoms with E-state index < -0.39 is 0 Å². The van der Waals surface area contributed by atoms with Gasteiger partial charge in [-0.3, -0.25) is 0 Å². The first-order valence-electron chi connectivity index (χ1n) is 14.2. The summed E-state index contributed by atoms with van der Waals surface area (Å²) in [4.78, 5) is 10.7. The first-order valence-corrected chi connectivity index (χ1v) is 14.2. The van der Waals surface area contributed by atoms with Crippen molar-refractivity contribution in [2.75, 3.05) is 0 Å². The topological polar surface area (TPSA) is 25.8 Å². The van der Waals surface area contributed by atoms with E-state index in [0.717, 1.165) is 33.9 Å². The Kier molecular flexibility index (Phi) is 5.20. The van der Waals surface area contributed by atoms with Gasteiger partial charge in [-0.25, -0.2) is 9.97 Å². The van der Waals surface area contributed by atoms with Crippen molar-refractivity contribution < 1.29 is 0 Å². The van der Waals surface area contributed by atoms with Gasteiger partial charge in [0.15, 0.2) is 5.82 Å². The molecular formula is C39H28N2. The highest BCUT2D eigenvalue weighted by atomic mass is 14.9. The molecule has 0 fully saturated rings. The number of hydrogen-bond donors (Lipinski definition) is 0. The van der Waals surface area contributed by atoms with E-state index in [1.165, 1.54) is 43.8 Å². The minimum absolute atomic E-state index is 0.306. The molecule has 0 bridgehead atoms. The first kappa shape index (κ1) is 23.8. The summed E-state index contributed by atoms with van der Waals surface area (Å²) in [6, 6.07) is 47.4. The second-order valence-corrected chi connectivity index (χ2v) is 11.4. The number of nitrogens with zero attached hydrogens (tertiary/aromatic N) is 2. The molecule has 0 atom stereocenters. The van der Waals surface area contributed by atoms with Crippen LogP contribution in [0.1, 0.15) is 25.1 Å². The van der Waals surface area contributed by atoms with E-state index in [1.54, 1.807) is 0 Å². The van der Waals surface area contributed by atoms with E-state index in [2.05, 4.69) is 141 Å². The minimum atomic E-state index is -0.306. The van der Waals surface area contributed by atoms with Crippen molar-refractivity contribution in [3.05, 3.63) is 145 Å². The molecule has 1 heterocycles. The Balaban J connectivity index is 1.47. The van der Waals surface area contributed by atoms with Gasteiger partial charge in [0.05, 0.1) is 11.4 Å². The predicted molar refractivity (Wildman–Crippen MR) is 171 cm³/mol. The number of hydrogen-bond acceptors (Lipinski definition) is 2. The summed E-state index contributed by atoms with van der Waals surface area (Å²) in [5.41, 5.74) is 10.1. The molecule has 2 nitrogen and oxygen atoms in total. The van der Waals surface area contributed by atoms with E-state index in [-0.39, 0.29) is 5.41 Å². The summed E-state index contributed by atoms with van der Waals surface area (Å²) in [5.74, 6) is 0.765. The largest absolute Gasteiger partial charge is 0.231 e. The Bertz CT molecular complexity index is 2090. The standard InChI is InChI=1S/C39H28N2/c1-39(2)35-32-20-12-10-18-30(32)29-17-9-11-19-31(29)33(35)34-36(40-38(41-37(34)39)28-15-7-4-8-16-28)27-23-21-26(22-24-27)25-13-5-3-6-14-25/h3-24H,1-2H3. The molecule has 194 valence electrons. The number of aromatic nitrogens is 2. The van der Waals surface area contributed by atoms with Crippen LogP contribution in [0.25, 0.3) is 66.4 Å². The van der Waals surface area contributed by atoms with Gasteiger partial charge >= 0.3 is 0 Å². The van der Waals surface area contributed by atoms with Crippen LogP contribution in [-0.2, 0) is 5.41 Å². The average Bonchev–Trinajstić information content (AvgIpc) is 3.29. The van der Waals surface area contributed by atoms with Crippen LogP contribution in [-0.4, -0.2) is 9.97 Å². The van der Waals surface area contributed by atoms with Crippen molar-refractivity contribution >= 4 is 21.5 Å². The molecule has 1 aliphatic rings. The van der Waals surface area contributed by atoms with Crippen molar-refractivity contribution in [1.82, 2.24) is 9.97 Å². The van der Waals surface area contributed by atoms with E-state index in [1.807, 2.05) is 6.07 Å². The zero-order valence-electron chi connectivity index (χ0n) is 23.1. The highest BCUT2D eigenvalue weighted by Crippen LogP contribution is 2.56. The fourth-order valence-corrected chi connectivity index (χ4v) is 6.69. The predicted octanol–water partition coefficient (Wildman–Crippen LogP) is 10.1. The summed E-state index contributed by atoms with van der Waals surface area (Å²) in [7, 11) is 0. The molecule has 2 heteroatoms. The zero-order chi connectivity index (χ0) is 27.6. The molecule has 0 radical (unpaired) electrons. The molecule has 1 aromatic heterocycles. The maximum atomic E-state index is 5.34. The lowest BCUT2D eigenvalue weighted by Gasteiger charge is -2.23. The lowest BCUT2D eigenvalue weighted by Crippen LogP contribution is -2.18. The Morgan fingerprint density at radius 3 is 1.56 bits per heavy atom. The molecule has 41 heavy (non-hydrogen) atoms. The summed E-state index contributed by atoms with van der Waals surface area (Å²) in [6.07, 6.45) is 0. The van der Waals surface area contributed by atoms with Crippen LogP contribution in [0.3, 0.4) is 0 Å². The van der Waals surface area contributed by atoms with Crippen LogP contribution in [0.15, 0.2) is 133 Å². The normalized spacial score (nSPS) is 13.3. The molecule has 0 aliphatic heterocycles. The van der Waals surface area contributed by atoms with Crippen LogP contribution in [0.2, 0.25) is 0 Å². The van der Waals surface area contributed by atoms with Gasteiger partial charge < -0.3 is 0 Å². The molecule has 8 rings (SSSR count). The third-order valence-electron chi connectivity index (χ3n) is 8.61. The second-order valence-electron chi connectivity index (χ2n) is 11.4. The maximum Gasteiger partial charge on any atom is 0.160 e. The molecule has 0 saturated carbocycles. The highest BCUT2D eigenvalue weighted by molar-refractivity contribution is 6.19. The van der Waals surface area contributed by atoms with Gasteiger partial charge in [-0.05, 0) is 43.8 Å². The van der Waals surface area contributed by atoms with Crippen LogP contribution >= 0.6 is 0 Å². The van der Waals surface area contributed by atoms with E-state index in [0.29, 0.717) is 0 Å². The minimum Gasteiger partial charge on any atom is -0.231 e. The summed E-state index contributed by atoms with van der Waals surface area (Å²) in [5, 5.41) is 5.10. The van der Waals surface area contributed by atoms with Crippen LogP contribution < -0.4 is 0 Å². The summed E-state index contributed by atoms with van der Waals surface area (Å²) >= 11 is 0. The third-order valence-corrected chi connectivity index (χ3v) is 8.61. The fraction of sp³-hybridized carbons (Fsp3) is 0.0769. The number of rotatable bonds is 3. The molecule has 0 amide bonds.